The molecule has 0 aromatic heterocycles. The Labute approximate surface area is 96.9 Å². The van der Waals surface area contributed by atoms with Gasteiger partial charge in [-0.25, -0.2) is 0 Å². The molecule has 0 aliphatic carbocycles. The van der Waals surface area contributed by atoms with E-state index in [0.29, 0.717) is 12.6 Å². The number of thioether (sulfide) groups is 1. The molecular formula is C10H23N3OS. The molecule has 3 N–H and O–H groups in total. The molecule has 0 fully saturated rings. The maximum atomic E-state index is 8.51. The van der Waals surface area contributed by atoms with Gasteiger partial charge in [0.25, 0.3) is 0 Å². The molecule has 0 saturated carbocycles. The number of hydrogen-bond acceptors (Lipinski definition) is 4. The molecule has 0 aromatic rings. The molecule has 0 radical (unpaired) electrons. The Morgan fingerprint density at radius 2 is 2.20 bits per heavy atom. The number of hydrogen-bond donors (Lipinski definition) is 2. The SMILES string of the molecule is CCSCCCN(CC(N)=NO)C(C)C. The van der Waals surface area contributed by atoms with Gasteiger partial charge in [0.05, 0.1) is 6.54 Å². The van der Waals surface area contributed by atoms with Gasteiger partial charge in [-0.05, 0) is 38.3 Å². The van der Waals surface area contributed by atoms with Gasteiger partial charge in [-0.3, -0.25) is 4.90 Å². The Kier molecular flexibility index (Phi) is 8.61. The van der Waals surface area contributed by atoms with E-state index in [9.17, 15) is 0 Å². The van der Waals surface area contributed by atoms with E-state index in [2.05, 4.69) is 30.8 Å². The van der Waals surface area contributed by atoms with Crippen LogP contribution in [0, 0.1) is 0 Å². The van der Waals surface area contributed by atoms with Crippen molar-refractivity contribution in [3.05, 3.63) is 0 Å². The van der Waals surface area contributed by atoms with Crippen LogP contribution in [0.1, 0.15) is 27.2 Å². The van der Waals surface area contributed by atoms with Gasteiger partial charge in [-0.2, -0.15) is 11.8 Å². The van der Waals surface area contributed by atoms with Crippen molar-refractivity contribution >= 4 is 17.6 Å². The Hall–Kier alpha value is -0.420. The maximum absolute atomic E-state index is 8.51. The molecule has 0 unspecified atom stereocenters. The number of amidine groups is 1. The first kappa shape index (κ1) is 14.6. The smallest absolute Gasteiger partial charge is 0.153 e. The van der Waals surface area contributed by atoms with E-state index >= 15 is 0 Å². The third-order valence-corrected chi connectivity index (χ3v) is 3.15. The van der Waals surface area contributed by atoms with E-state index in [1.165, 1.54) is 11.5 Å². The summed E-state index contributed by atoms with van der Waals surface area (Å²) in [4.78, 5) is 2.21. The first-order chi connectivity index (χ1) is 7.11. The predicted octanol–water partition coefficient (Wildman–Crippen LogP) is 1.59. The van der Waals surface area contributed by atoms with Crippen LogP contribution < -0.4 is 5.73 Å². The lowest BCUT2D eigenvalue weighted by atomic mass is 10.3. The van der Waals surface area contributed by atoms with Gasteiger partial charge < -0.3 is 10.9 Å². The van der Waals surface area contributed by atoms with Crippen molar-refractivity contribution in [1.29, 1.82) is 0 Å². The van der Waals surface area contributed by atoms with Crippen LogP contribution in [0.5, 0.6) is 0 Å². The molecule has 0 bridgehead atoms. The minimum absolute atomic E-state index is 0.284. The monoisotopic (exact) mass is 233 g/mol. The van der Waals surface area contributed by atoms with Crippen molar-refractivity contribution in [3.63, 3.8) is 0 Å². The van der Waals surface area contributed by atoms with Gasteiger partial charge in [-0.1, -0.05) is 12.1 Å². The zero-order valence-corrected chi connectivity index (χ0v) is 10.8. The number of rotatable bonds is 8. The van der Waals surface area contributed by atoms with Crippen LogP contribution in [0.15, 0.2) is 5.16 Å². The largest absolute Gasteiger partial charge is 0.409 e. The van der Waals surface area contributed by atoms with E-state index in [-0.39, 0.29) is 5.84 Å². The molecule has 0 spiro atoms. The van der Waals surface area contributed by atoms with E-state index in [1.807, 2.05) is 11.8 Å². The van der Waals surface area contributed by atoms with Gasteiger partial charge >= 0.3 is 0 Å². The highest BCUT2D eigenvalue weighted by molar-refractivity contribution is 7.99. The molecule has 5 heteroatoms. The van der Waals surface area contributed by atoms with Crippen LogP contribution >= 0.6 is 11.8 Å². The van der Waals surface area contributed by atoms with Crippen LogP contribution in [0.25, 0.3) is 0 Å². The summed E-state index contributed by atoms with van der Waals surface area (Å²) in [5.74, 6) is 2.63. The summed E-state index contributed by atoms with van der Waals surface area (Å²) in [5.41, 5.74) is 5.50. The van der Waals surface area contributed by atoms with Gasteiger partial charge in [0.15, 0.2) is 5.84 Å². The normalized spacial score (nSPS) is 12.7. The predicted molar refractivity (Wildman–Crippen MR) is 67.7 cm³/mol. The van der Waals surface area contributed by atoms with Crippen molar-refractivity contribution in [3.8, 4) is 0 Å². The fraction of sp³-hybridized carbons (Fsp3) is 0.900. The molecule has 0 aromatic carbocycles. The van der Waals surface area contributed by atoms with Crippen molar-refractivity contribution in [2.75, 3.05) is 24.6 Å². The van der Waals surface area contributed by atoms with Crippen molar-refractivity contribution in [1.82, 2.24) is 4.90 Å². The highest BCUT2D eigenvalue weighted by Crippen LogP contribution is 2.04. The summed E-state index contributed by atoms with van der Waals surface area (Å²) >= 11 is 1.95. The second-order valence-electron chi connectivity index (χ2n) is 3.71. The van der Waals surface area contributed by atoms with Gasteiger partial charge in [0.1, 0.15) is 0 Å². The standard InChI is InChI=1S/C10H23N3OS/c1-4-15-7-5-6-13(9(2)3)8-10(11)12-14/h9,14H,4-8H2,1-3H3,(H2,11,12). The van der Waals surface area contributed by atoms with Gasteiger partial charge in [0.2, 0.25) is 0 Å². The molecule has 15 heavy (non-hydrogen) atoms. The fourth-order valence-electron chi connectivity index (χ4n) is 1.27. The lowest BCUT2D eigenvalue weighted by Crippen LogP contribution is -2.39. The minimum atomic E-state index is 0.284. The summed E-state index contributed by atoms with van der Waals surface area (Å²) in [6.45, 7) is 7.96. The summed E-state index contributed by atoms with van der Waals surface area (Å²) in [5, 5.41) is 11.5. The van der Waals surface area contributed by atoms with Crippen LogP contribution in [0.4, 0.5) is 0 Å². The van der Waals surface area contributed by atoms with E-state index in [0.717, 1.165) is 13.0 Å². The lowest BCUT2D eigenvalue weighted by Gasteiger charge is -2.25. The quantitative estimate of drug-likeness (QED) is 0.220. The second kappa shape index (κ2) is 8.85. The summed E-state index contributed by atoms with van der Waals surface area (Å²) in [7, 11) is 0. The zero-order chi connectivity index (χ0) is 11.7. The second-order valence-corrected chi connectivity index (χ2v) is 5.10. The molecule has 0 aliphatic heterocycles. The maximum Gasteiger partial charge on any atom is 0.153 e. The van der Waals surface area contributed by atoms with E-state index in [1.54, 1.807) is 0 Å². The van der Waals surface area contributed by atoms with Crippen molar-refractivity contribution in [2.24, 2.45) is 10.9 Å². The third kappa shape index (κ3) is 7.50. The van der Waals surface area contributed by atoms with Crippen LogP contribution in [0.3, 0.4) is 0 Å². The topological polar surface area (TPSA) is 61.8 Å². The van der Waals surface area contributed by atoms with Gasteiger partial charge in [-0.15, -0.1) is 0 Å². The lowest BCUT2D eigenvalue weighted by molar-refractivity contribution is 0.248. The van der Waals surface area contributed by atoms with Crippen LogP contribution in [-0.4, -0.2) is 46.6 Å². The summed E-state index contributed by atoms with van der Waals surface area (Å²) < 4.78 is 0. The summed E-state index contributed by atoms with van der Waals surface area (Å²) in [6.07, 6.45) is 1.15. The first-order valence-corrected chi connectivity index (χ1v) is 6.55. The third-order valence-electron chi connectivity index (χ3n) is 2.16. The average molecular weight is 233 g/mol. The highest BCUT2D eigenvalue weighted by Gasteiger charge is 2.10. The molecule has 0 saturated heterocycles. The van der Waals surface area contributed by atoms with Crippen LogP contribution in [0.2, 0.25) is 0 Å². The minimum Gasteiger partial charge on any atom is -0.409 e. The van der Waals surface area contributed by atoms with Gasteiger partial charge in [0, 0.05) is 6.04 Å². The van der Waals surface area contributed by atoms with Crippen molar-refractivity contribution in [2.45, 2.75) is 33.2 Å². The van der Waals surface area contributed by atoms with E-state index in [4.69, 9.17) is 10.9 Å². The number of oxime groups is 1. The zero-order valence-electron chi connectivity index (χ0n) is 9.94. The first-order valence-electron chi connectivity index (χ1n) is 5.40. The Bertz CT molecular complexity index is 186. The molecule has 0 atom stereocenters. The molecule has 0 heterocycles. The molecule has 0 rings (SSSR count). The average Bonchev–Trinajstić information content (AvgIpc) is 2.21. The molecule has 0 aliphatic rings. The summed E-state index contributed by atoms with van der Waals surface area (Å²) in [6, 6.07) is 0.428. The number of nitrogens with zero attached hydrogens (tertiary/aromatic N) is 2. The molecule has 4 nitrogen and oxygen atoms in total. The fourth-order valence-corrected chi connectivity index (χ4v) is 1.90. The van der Waals surface area contributed by atoms with Crippen molar-refractivity contribution < 1.29 is 5.21 Å². The Morgan fingerprint density at radius 1 is 1.53 bits per heavy atom. The van der Waals surface area contributed by atoms with Crippen LogP contribution in [-0.2, 0) is 0 Å². The molecule has 90 valence electrons. The Balaban J connectivity index is 3.84. The highest BCUT2D eigenvalue weighted by atomic mass is 32.2. The van der Waals surface area contributed by atoms with E-state index < -0.39 is 0 Å². The molecular weight excluding hydrogens is 210 g/mol. The number of nitrogens with two attached hydrogens (primary N) is 1. The molecule has 0 amide bonds. The Morgan fingerprint density at radius 3 is 2.67 bits per heavy atom.